The summed E-state index contributed by atoms with van der Waals surface area (Å²) in [6, 6.07) is 2.51. The van der Waals surface area contributed by atoms with E-state index in [-0.39, 0.29) is 34.2 Å². The summed E-state index contributed by atoms with van der Waals surface area (Å²) in [7, 11) is 1.31. The lowest BCUT2D eigenvalue weighted by Gasteiger charge is -2.35. The van der Waals surface area contributed by atoms with Crippen molar-refractivity contribution in [3.63, 3.8) is 0 Å². The molecule has 0 radical (unpaired) electrons. The van der Waals surface area contributed by atoms with Crippen LogP contribution in [-0.4, -0.2) is 43.8 Å². The van der Waals surface area contributed by atoms with Crippen molar-refractivity contribution in [1.82, 2.24) is 0 Å². The van der Waals surface area contributed by atoms with Gasteiger partial charge in [0.2, 0.25) is 0 Å². The molecule has 1 aromatic rings. The second-order valence-electron chi connectivity index (χ2n) is 4.73. The summed E-state index contributed by atoms with van der Waals surface area (Å²) in [6.45, 7) is 1.31. The van der Waals surface area contributed by atoms with Crippen LogP contribution in [0.2, 0.25) is 10.0 Å². The molecule has 1 aliphatic rings. The van der Waals surface area contributed by atoms with E-state index < -0.39 is 4.92 Å². The highest BCUT2D eigenvalue weighted by atomic mass is 35.5. The topological polar surface area (TPSA) is 81.9 Å². The lowest BCUT2D eigenvalue weighted by atomic mass is 10.1. The molecule has 1 atom stereocenters. The van der Waals surface area contributed by atoms with Gasteiger partial charge in [0.05, 0.1) is 46.9 Å². The molecule has 0 N–H and O–H groups in total. The van der Waals surface area contributed by atoms with Gasteiger partial charge >= 0.3 is 5.97 Å². The SMILES string of the molecule is COC(=O)CC1CN(c2c(Cl)cc([N+](=O)[O-])cc2Cl)CCO1. The molecule has 0 aromatic heterocycles. The quantitative estimate of drug-likeness (QED) is 0.472. The van der Waals surface area contributed by atoms with Crippen LogP contribution in [0.5, 0.6) is 0 Å². The van der Waals surface area contributed by atoms with E-state index in [0.29, 0.717) is 25.4 Å². The zero-order valence-electron chi connectivity index (χ0n) is 11.8. The molecular weight excluding hydrogens is 335 g/mol. The first-order valence-electron chi connectivity index (χ1n) is 6.49. The Hall–Kier alpha value is -1.57. The van der Waals surface area contributed by atoms with E-state index in [2.05, 4.69) is 4.74 Å². The zero-order valence-corrected chi connectivity index (χ0v) is 13.3. The number of non-ortho nitro benzene ring substituents is 1. The average Bonchev–Trinajstić information content (AvgIpc) is 2.46. The Labute approximate surface area is 136 Å². The molecule has 1 aliphatic heterocycles. The molecule has 0 amide bonds. The molecule has 7 nitrogen and oxygen atoms in total. The minimum atomic E-state index is -0.555. The van der Waals surface area contributed by atoms with Gasteiger partial charge in [0.1, 0.15) is 0 Å². The molecule has 0 saturated carbocycles. The number of carbonyl (C=O) groups excluding carboxylic acids is 1. The van der Waals surface area contributed by atoms with Gasteiger partial charge in [0.15, 0.2) is 0 Å². The van der Waals surface area contributed by atoms with Gasteiger partial charge in [-0.2, -0.15) is 0 Å². The predicted octanol–water partition coefficient (Wildman–Crippen LogP) is 2.67. The standard InChI is InChI=1S/C13H14Cl2N2O5/c1-21-12(18)6-9-7-16(2-3-22-9)13-10(14)4-8(17(19)20)5-11(13)15/h4-5,9H,2-3,6-7H2,1H3. The minimum absolute atomic E-state index is 0.120. The molecule has 1 saturated heterocycles. The van der Waals surface area contributed by atoms with Crippen LogP contribution in [0, 0.1) is 10.1 Å². The maximum absolute atomic E-state index is 11.3. The van der Waals surface area contributed by atoms with Gasteiger partial charge in [-0.1, -0.05) is 23.2 Å². The van der Waals surface area contributed by atoms with Crippen molar-refractivity contribution < 1.29 is 19.2 Å². The van der Waals surface area contributed by atoms with Gasteiger partial charge in [0, 0.05) is 25.2 Å². The van der Waals surface area contributed by atoms with Gasteiger partial charge in [-0.25, -0.2) is 0 Å². The van der Waals surface area contributed by atoms with E-state index in [9.17, 15) is 14.9 Å². The van der Waals surface area contributed by atoms with Gasteiger partial charge in [-0.05, 0) is 0 Å². The summed E-state index contributed by atoms with van der Waals surface area (Å²) in [6.07, 6.45) is -0.224. The van der Waals surface area contributed by atoms with Crippen molar-refractivity contribution in [1.29, 1.82) is 0 Å². The summed E-state index contributed by atoms with van der Waals surface area (Å²) < 4.78 is 10.1. The molecule has 1 unspecified atom stereocenters. The largest absolute Gasteiger partial charge is 0.469 e. The van der Waals surface area contributed by atoms with Crippen LogP contribution >= 0.6 is 23.2 Å². The Morgan fingerprint density at radius 1 is 1.50 bits per heavy atom. The molecule has 22 heavy (non-hydrogen) atoms. The van der Waals surface area contributed by atoms with Crippen LogP contribution in [0.1, 0.15) is 6.42 Å². The lowest BCUT2D eigenvalue weighted by molar-refractivity contribution is -0.384. The van der Waals surface area contributed by atoms with Crippen LogP contribution in [0.3, 0.4) is 0 Å². The van der Waals surface area contributed by atoms with E-state index >= 15 is 0 Å². The van der Waals surface area contributed by atoms with Crippen LogP contribution in [0.15, 0.2) is 12.1 Å². The third kappa shape index (κ3) is 3.79. The maximum Gasteiger partial charge on any atom is 0.308 e. The second kappa shape index (κ2) is 7.13. The van der Waals surface area contributed by atoms with E-state index in [1.54, 1.807) is 0 Å². The number of hydrogen-bond donors (Lipinski definition) is 0. The highest BCUT2D eigenvalue weighted by molar-refractivity contribution is 6.39. The highest BCUT2D eigenvalue weighted by Crippen LogP contribution is 2.38. The molecule has 2 rings (SSSR count). The van der Waals surface area contributed by atoms with E-state index in [1.807, 2.05) is 4.90 Å². The van der Waals surface area contributed by atoms with Crippen LogP contribution in [0.4, 0.5) is 11.4 Å². The lowest BCUT2D eigenvalue weighted by Crippen LogP contribution is -2.43. The number of nitrogens with zero attached hydrogens (tertiary/aromatic N) is 2. The highest BCUT2D eigenvalue weighted by Gasteiger charge is 2.27. The average molecular weight is 349 g/mol. The Bertz CT molecular complexity index is 573. The number of benzene rings is 1. The number of morpholine rings is 1. The fourth-order valence-electron chi connectivity index (χ4n) is 2.27. The Kier molecular flexibility index (Phi) is 5.44. The maximum atomic E-state index is 11.3. The summed E-state index contributed by atoms with van der Waals surface area (Å²) in [5.74, 6) is -0.368. The monoisotopic (exact) mass is 348 g/mol. The van der Waals surface area contributed by atoms with Crippen molar-refractivity contribution in [2.75, 3.05) is 31.7 Å². The molecule has 1 aromatic carbocycles. The number of ether oxygens (including phenoxy) is 2. The van der Waals surface area contributed by atoms with Crippen LogP contribution in [0.25, 0.3) is 0 Å². The Morgan fingerprint density at radius 3 is 2.68 bits per heavy atom. The van der Waals surface area contributed by atoms with Gasteiger partial charge < -0.3 is 14.4 Å². The molecule has 1 heterocycles. The minimum Gasteiger partial charge on any atom is -0.469 e. The number of esters is 1. The molecule has 0 bridgehead atoms. The number of carbonyl (C=O) groups is 1. The molecule has 0 spiro atoms. The van der Waals surface area contributed by atoms with E-state index in [0.717, 1.165) is 0 Å². The first-order chi connectivity index (χ1) is 10.4. The Morgan fingerprint density at radius 2 is 2.14 bits per heavy atom. The molecule has 120 valence electrons. The smallest absolute Gasteiger partial charge is 0.308 e. The predicted molar refractivity (Wildman–Crippen MR) is 81.7 cm³/mol. The summed E-state index contributed by atoms with van der Waals surface area (Å²) in [5, 5.41) is 11.2. The van der Waals surface area contributed by atoms with Gasteiger partial charge in [-0.3, -0.25) is 14.9 Å². The number of nitro benzene ring substituents is 1. The Balaban J connectivity index is 2.20. The van der Waals surface area contributed by atoms with E-state index in [1.165, 1.54) is 19.2 Å². The number of methoxy groups -OCH3 is 1. The van der Waals surface area contributed by atoms with Crippen LogP contribution < -0.4 is 4.90 Å². The van der Waals surface area contributed by atoms with Gasteiger partial charge in [-0.15, -0.1) is 0 Å². The molecule has 9 heteroatoms. The van der Waals surface area contributed by atoms with Crippen molar-refractivity contribution in [3.05, 3.63) is 32.3 Å². The third-order valence-corrected chi connectivity index (χ3v) is 3.87. The molecule has 0 aliphatic carbocycles. The number of halogens is 2. The van der Waals surface area contributed by atoms with E-state index in [4.69, 9.17) is 27.9 Å². The van der Waals surface area contributed by atoms with Crippen molar-refractivity contribution in [2.45, 2.75) is 12.5 Å². The van der Waals surface area contributed by atoms with Crippen molar-refractivity contribution in [2.24, 2.45) is 0 Å². The number of rotatable bonds is 4. The van der Waals surface area contributed by atoms with Crippen molar-refractivity contribution >= 4 is 40.5 Å². The van der Waals surface area contributed by atoms with Crippen molar-refractivity contribution in [3.8, 4) is 0 Å². The second-order valence-corrected chi connectivity index (χ2v) is 5.55. The normalized spacial score (nSPS) is 18.1. The van der Waals surface area contributed by atoms with Crippen LogP contribution in [-0.2, 0) is 14.3 Å². The number of anilines is 1. The third-order valence-electron chi connectivity index (χ3n) is 3.29. The fourth-order valence-corrected chi connectivity index (χ4v) is 2.99. The first-order valence-corrected chi connectivity index (χ1v) is 7.24. The number of hydrogen-bond acceptors (Lipinski definition) is 6. The first kappa shape index (κ1) is 16.8. The van der Waals surface area contributed by atoms with Gasteiger partial charge in [0.25, 0.3) is 5.69 Å². The molecule has 1 fully saturated rings. The summed E-state index contributed by atoms with van der Waals surface area (Å²) in [5.41, 5.74) is 0.338. The zero-order chi connectivity index (χ0) is 16.3. The summed E-state index contributed by atoms with van der Waals surface area (Å²) >= 11 is 12.3. The fraction of sp³-hybridized carbons (Fsp3) is 0.462. The summed E-state index contributed by atoms with van der Waals surface area (Å²) in [4.78, 5) is 23.4. The molecular formula is C13H14Cl2N2O5. The number of nitro groups is 1.